The van der Waals surface area contributed by atoms with Crippen LogP contribution < -0.4 is 5.32 Å². The largest absolute Gasteiger partial charge is 0.508 e. The second-order valence-corrected chi connectivity index (χ2v) is 9.27. The number of hydrogen-bond donors (Lipinski definition) is 2. The highest BCUT2D eigenvalue weighted by atomic mass is 16.5. The van der Waals surface area contributed by atoms with E-state index in [2.05, 4.69) is 19.2 Å². The lowest BCUT2D eigenvalue weighted by Gasteiger charge is -2.39. The van der Waals surface area contributed by atoms with Crippen LogP contribution in [0.5, 0.6) is 5.75 Å². The molecular weight excluding hydrogens is 402 g/mol. The Morgan fingerprint density at radius 2 is 1.91 bits per heavy atom. The molecular formula is C27H33NO4. The first-order valence-electron chi connectivity index (χ1n) is 11.1. The average molecular weight is 436 g/mol. The van der Waals surface area contributed by atoms with Gasteiger partial charge in [0.25, 0.3) is 0 Å². The number of carbonyl (C=O) groups is 2. The molecule has 1 atom stereocenters. The number of esters is 1. The standard InChI is InChI=1S/C27H33NO4/c1-6-8-18(7-2)13-14-32-26(31)23-17(3)28-21-15-27(4,5)16-22(30)25(21)24(23)19-9-11-20(29)12-10-19/h6-12,24,28-29H,13-16H2,1-5H3/b8-6-,18-7+. The highest BCUT2D eigenvalue weighted by molar-refractivity contribution is 6.04. The zero-order chi connectivity index (χ0) is 23.5. The zero-order valence-electron chi connectivity index (χ0n) is 19.6. The van der Waals surface area contributed by atoms with Gasteiger partial charge in [0.05, 0.1) is 12.2 Å². The van der Waals surface area contributed by atoms with Crippen LogP contribution in [0.15, 0.2) is 70.6 Å². The number of hydrogen-bond acceptors (Lipinski definition) is 5. The maximum absolute atomic E-state index is 13.3. The Hall–Kier alpha value is -3.08. The van der Waals surface area contributed by atoms with Crippen molar-refractivity contribution in [3.8, 4) is 5.75 Å². The van der Waals surface area contributed by atoms with Gasteiger partial charge in [0, 0.05) is 35.7 Å². The molecule has 5 heteroatoms. The van der Waals surface area contributed by atoms with Crippen LogP contribution in [0.25, 0.3) is 0 Å². The molecule has 0 fully saturated rings. The molecule has 1 aromatic rings. The lowest BCUT2D eigenvalue weighted by Crippen LogP contribution is -2.38. The van der Waals surface area contributed by atoms with E-state index in [4.69, 9.17) is 4.74 Å². The fraction of sp³-hybridized carbons (Fsp3) is 0.407. The monoisotopic (exact) mass is 435 g/mol. The number of ketones is 1. The molecule has 0 bridgehead atoms. The number of carbonyl (C=O) groups excluding carboxylic acids is 2. The molecule has 32 heavy (non-hydrogen) atoms. The Morgan fingerprint density at radius 3 is 2.53 bits per heavy atom. The molecule has 0 spiro atoms. The summed E-state index contributed by atoms with van der Waals surface area (Å²) in [5, 5.41) is 13.1. The molecule has 0 amide bonds. The fourth-order valence-corrected chi connectivity index (χ4v) is 4.58. The summed E-state index contributed by atoms with van der Waals surface area (Å²) in [6.07, 6.45) is 7.74. The Bertz CT molecular complexity index is 1020. The van der Waals surface area contributed by atoms with Crippen molar-refractivity contribution < 1.29 is 19.4 Å². The topological polar surface area (TPSA) is 75.6 Å². The van der Waals surface area contributed by atoms with Crippen LogP contribution in [0.4, 0.5) is 0 Å². The molecule has 1 heterocycles. The van der Waals surface area contributed by atoms with E-state index in [0.717, 1.165) is 23.3 Å². The molecule has 0 aromatic heterocycles. The van der Waals surface area contributed by atoms with Gasteiger partial charge >= 0.3 is 5.97 Å². The summed E-state index contributed by atoms with van der Waals surface area (Å²) >= 11 is 0. The van der Waals surface area contributed by atoms with Crippen LogP contribution in [0, 0.1) is 5.41 Å². The van der Waals surface area contributed by atoms with Crippen molar-refractivity contribution in [3.05, 3.63) is 76.2 Å². The van der Waals surface area contributed by atoms with Crippen molar-refractivity contribution in [2.75, 3.05) is 6.61 Å². The second-order valence-electron chi connectivity index (χ2n) is 9.27. The number of allylic oxidation sites excluding steroid dienone is 6. The number of benzene rings is 1. The summed E-state index contributed by atoms with van der Waals surface area (Å²) in [5.41, 5.74) is 4.42. The molecule has 0 saturated carbocycles. The molecule has 3 rings (SSSR count). The van der Waals surface area contributed by atoms with Crippen LogP contribution >= 0.6 is 0 Å². The van der Waals surface area contributed by atoms with Crippen molar-refractivity contribution in [1.29, 1.82) is 0 Å². The van der Waals surface area contributed by atoms with Crippen LogP contribution in [-0.2, 0) is 14.3 Å². The van der Waals surface area contributed by atoms with E-state index in [9.17, 15) is 14.7 Å². The van der Waals surface area contributed by atoms with E-state index < -0.39 is 11.9 Å². The first-order chi connectivity index (χ1) is 15.2. The Balaban J connectivity index is 1.96. The number of nitrogens with one attached hydrogen (secondary N) is 1. The summed E-state index contributed by atoms with van der Waals surface area (Å²) in [4.78, 5) is 26.5. The Morgan fingerprint density at radius 1 is 1.22 bits per heavy atom. The van der Waals surface area contributed by atoms with Gasteiger partial charge in [-0.2, -0.15) is 0 Å². The lowest BCUT2D eigenvalue weighted by molar-refractivity contribution is -0.139. The van der Waals surface area contributed by atoms with Crippen molar-refractivity contribution in [1.82, 2.24) is 5.32 Å². The van der Waals surface area contributed by atoms with Crippen molar-refractivity contribution in [2.45, 2.75) is 59.8 Å². The molecule has 1 aromatic carbocycles. The minimum Gasteiger partial charge on any atom is -0.508 e. The second kappa shape index (κ2) is 9.60. The molecule has 0 radical (unpaired) electrons. The SMILES string of the molecule is C/C=C\C(=C/C)CCOC(=O)C1=C(C)NC2=C(C(=O)CC(C)(C)C2)C1c1ccc(O)cc1. The average Bonchev–Trinajstić information content (AvgIpc) is 2.71. The Labute approximate surface area is 190 Å². The van der Waals surface area contributed by atoms with Gasteiger partial charge < -0.3 is 15.2 Å². The number of rotatable bonds is 6. The third-order valence-corrected chi connectivity index (χ3v) is 6.06. The summed E-state index contributed by atoms with van der Waals surface area (Å²) < 4.78 is 5.67. The summed E-state index contributed by atoms with van der Waals surface area (Å²) in [6.45, 7) is 10.2. The number of Topliss-reactive ketones (excluding diaryl/α,β-unsaturated/α-hetero) is 1. The predicted octanol–water partition coefficient (Wildman–Crippen LogP) is 5.45. The van der Waals surface area contributed by atoms with E-state index in [1.165, 1.54) is 0 Å². The lowest BCUT2D eigenvalue weighted by atomic mass is 9.68. The van der Waals surface area contributed by atoms with Crippen LogP contribution in [-0.4, -0.2) is 23.5 Å². The van der Waals surface area contributed by atoms with Gasteiger partial charge in [-0.05, 0) is 55.9 Å². The normalized spacial score (nSPS) is 21.0. The quantitative estimate of drug-likeness (QED) is 0.459. The van der Waals surface area contributed by atoms with E-state index >= 15 is 0 Å². The van der Waals surface area contributed by atoms with Crippen molar-refractivity contribution in [2.24, 2.45) is 5.41 Å². The number of aromatic hydroxyl groups is 1. The van der Waals surface area contributed by atoms with E-state index in [0.29, 0.717) is 29.7 Å². The highest BCUT2D eigenvalue weighted by Crippen LogP contribution is 2.46. The molecule has 1 aliphatic carbocycles. The summed E-state index contributed by atoms with van der Waals surface area (Å²) in [7, 11) is 0. The number of dihydropyridines is 1. The maximum Gasteiger partial charge on any atom is 0.336 e. The van der Waals surface area contributed by atoms with Gasteiger partial charge in [0.2, 0.25) is 0 Å². The fourth-order valence-electron chi connectivity index (χ4n) is 4.58. The first-order valence-corrected chi connectivity index (χ1v) is 11.1. The molecule has 1 unspecified atom stereocenters. The highest BCUT2D eigenvalue weighted by Gasteiger charge is 2.43. The Kier molecular flexibility index (Phi) is 7.07. The van der Waals surface area contributed by atoms with Crippen LogP contribution in [0.3, 0.4) is 0 Å². The van der Waals surface area contributed by atoms with Gasteiger partial charge in [-0.3, -0.25) is 4.79 Å². The predicted molar refractivity (Wildman–Crippen MR) is 126 cm³/mol. The van der Waals surface area contributed by atoms with Gasteiger partial charge in [-0.25, -0.2) is 4.79 Å². The van der Waals surface area contributed by atoms with Gasteiger partial charge in [0.1, 0.15) is 5.75 Å². The summed E-state index contributed by atoms with van der Waals surface area (Å²) in [5.74, 6) is -0.752. The van der Waals surface area contributed by atoms with E-state index in [1.54, 1.807) is 24.3 Å². The first kappa shape index (κ1) is 23.6. The van der Waals surface area contributed by atoms with Crippen molar-refractivity contribution >= 4 is 11.8 Å². The van der Waals surface area contributed by atoms with Gasteiger partial charge in [0.15, 0.2) is 5.78 Å². The third-order valence-electron chi connectivity index (χ3n) is 6.06. The third kappa shape index (κ3) is 5.04. The van der Waals surface area contributed by atoms with Gasteiger partial charge in [-0.1, -0.05) is 44.2 Å². The zero-order valence-corrected chi connectivity index (χ0v) is 19.6. The van der Waals surface area contributed by atoms with Crippen LogP contribution in [0.2, 0.25) is 0 Å². The maximum atomic E-state index is 13.3. The molecule has 2 aliphatic rings. The number of ether oxygens (including phenoxy) is 1. The summed E-state index contributed by atoms with van der Waals surface area (Å²) in [6, 6.07) is 6.71. The molecule has 170 valence electrons. The smallest absolute Gasteiger partial charge is 0.336 e. The molecule has 1 aliphatic heterocycles. The number of phenols is 1. The van der Waals surface area contributed by atoms with E-state index in [-0.39, 0.29) is 23.6 Å². The number of phenolic OH excluding ortho intramolecular Hbond substituents is 1. The minimum atomic E-state index is -0.514. The van der Waals surface area contributed by atoms with Crippen LogP contribution in [0.1, 0.15) is 65.4 Å². The molecule has 5 nitrogen and oxygen atoms in total. The van der Waals surface area contributed by atoms with Gasteiger partial charge in [-0.15, -0.1) is 0 Å². The van der Waals surface area contributed by atoms with E-state index in [1.807, 2.05) is 39.0 Å². The minimum absolute atomic E-state index is 0.0453. The van der Waals surface area contributed by atoms with Crippen molar-refractivity contribution in [3.63, 3.8) is 0 Å². The molecule has 0 saturated heterocycles. The molecule has 2 N–H and O–H groups in total.